The number of benzene rings is 1. The molecule has 15 heavy (non-hydrogen) atoms. The lowest BCUT2D eigenvalue weighted by Crippen LogP contribution is -2.16. The molecule has 3 heteroatoms. The Balaban J connectivity index is 2.81. The molecule has 2 N–H and O–H groups in total. The van der Waals surface area contributed by atoms with Crippen LogP contribution in [0.3, 0.4) is 0 Å². The molecule has 1 atom stereocenters. The fourth-order valence-corrected chi connectivity index (χ4v) is 1.64. The van der Waals surface area contributed by atoms with Gasteiger partial charge in [0.2, 0.25) is 0 Å². The normalized spacial score (nSPS) is 12.4. The van der Waals surface area contributed by atoms with E-state index in [0.29, 0.717) is 11.5 Å². The second-order valence-electron chi connectivity index (χ2n) is 3.59. The molecule has 0 radical (unpaired) electrons. The molecule has 0 aliphatic carbocycles. The zero-order chi connectivity index (χ0) is 11.3. The predicted octanol–water partition coefficient (Wildman–Crippen LogP) is 2.10. The summed E-state index contributed by atoms with van der Waals surface area (Å²) in [5, 5.41) is 11.9. The molecule has 3 nitrogen and oxygen atoms in total. The van der Waals surface area contributed by atoms with Gasteiger partial charge in [0.05, 0.1) is 5.56 Å². The lowest BCUT2D eigenvalue weighted by Gasteiger charge is -2.14. The summed E-state index contributed by atoms with van der Waals surface area (Å²) in [4.78, 5) is 10.7. The highest BCUT2D eigenvalue weighted by molar-refractivity contribution is 5.87. The van der Waals surface area contributed by atoms with Crippen LogP contribution in [0.1, 0.15) is 35.2 Å². The average Bonchev–Trinajstić information content (AvgIpc) is 2.26. The molecule has 0 heterocycles. The van der Waals surface area contributed by atoms with Crippen molar-refractivity contribution >= 4 is 5.97 Å². The number of carboxylic acid groups (broad SMARTS) is 1. The van der Waals surface area contributed by atoms with Crippen LogP contribution in [-0.2, 0) is 0 Å². The number of carboxylic acids is 1. The third-order valence-corrected chi connectivity index (χ3v) is 2.57. The number of likely N-dealkylation sites (N-methyl/N-ethyl adjacent to an activating group) is 1. The number of aromatic carboxylic acids is 1. The molecule has 0 saturated heterocycles. The van der Waals surface area contributed by atoms with E-state index in [1.54, 1.807) is 12.1 Å². The summed E-state index contributed by atoms with van der Waals surface area (Å²) in [6.45, 7) is 3.05. The fourth-order valence-electron chi connectivity index (χ4n) is 1.64. The molecule has 1 unspecified atom stereocenters. The van der Waals surface area contributed by atoms with Gasteiger partial charge in [-0.3, -0.25) is 0 Å². The van der Waals surface area contributed by atoms with Gasteiger partial charge in [0.25, 0.3) is 0 Å². The van der Waals surface area contributed by atoms with Crippen molar-refractivity contribution in [1.29, 1.82) is 0 Å². The van der Waals surface area contributed by atoms with Crippen molar-refractivity contribution in [3.8, 4) is 0 Å². The largest absolute Gasteiger partial charge is 0.478 e. The molecule has 0 aliphatic heterocycles. The van der Waals surface area contributed by atoms with Crippen LogP contribution >= 0.6 is 0 Å². The monoisotopic (exact) mass is 207 g/mol. The van der Waals surface area contributed by atoms with Crippen LogP contribution in [0.25, 0.3) is 0 Å². The van der Waals surface area contributed by atoms with Gasteiger partial charge in [0.15, 0.2) is 0 Å². The summed E-state index contributed by atoms with van der Waals surface area (Å²) in [5.74, 6) is -0.416. The first-order chi connectivity index (χ1) is 7.19. The Bertz CT molecular complexity index is 319. The Kier molecular flexibility index (Phi) is 4.31. The molecular formula is C12H17NO2. The third kappa shape index (κ3) is 3.06. The van der Waals surface area contributed by atoms with Crippen LogP contribution in [0.15, 0.2) is 24.3 Å². The van der Waals surface area contributed by atoms with E-state index in [9.17, 15) is 4.79 Å². The smallest absolute Gasteiger partial charge is 0.335 e. The number of rotatable bonds is 5. The number of hydrogen-bond acceptors (Lipinski definition) is 2. The summed E-state index contributed by atoms with van der Waals surface area (Å²) in [6.07, 6.45) is 1.05. The number of hydrogen-bond donors (Lipinski definition) is 2. The topological polar surface area (TPSA) is 49.3 Å². The molecule has 0 spiro atoms. The molecule has 1 aromatic rings. The highest BCUT2D eigenvalue weighted by atomic mass is 16.4. The van der Waals surface area contributed by atoms with E-state index >= 15 is 0 Å². The Morgan fingerprint density at radius 1 is 1.40 bits per heavy atom. The van der Waals surface area contributed by atoms with Gasteiger partial charge in [0.1, 0.15) is 0 Å². The van der Waals surface area contributed by atoms with Gasteiger partial charge in [0, 0.05) is 6.54 Å². The summed E-state index contributed by atoms with van der Waals surface area (Å²) in [6, 6.07) is 7.12. The van der Waals surface area contributed by atoms with Gasteiger partial charge in [-0.1, -0.05) is 19.1 Å². The molecule has 0 saturated carbocycles. The van der Waals surface area contributed by atoms with Crippen molar-refractivity contribution in [2.24, 2.45) is 0 Å². The minimum absolute atomic E-state index is 0.345. The van der Waals surface area contributed by atoms with Crippen LogP contribution in [0.4, 0.5) is 0 Å². The van der Waals surface area contributed by atoms with Crippen molar-refractivity contribution in [2.45, 2.75) is 19.3 Å². The second kappa shape index (κ2) is 5.51. The Morgan fingerprint density at radius 2 is 2.00 bits per heavy atom. The highest BCUT2D eigenvalue weighted by Gasteiger charge is 2.09. The maximum absolute atomic E-state index is 10.7. The molecule has 0 aliphatic rings. The van der Waals surface area contributed by atoms with Crippen molar-refractivity contribution in [1.82, 2.24) is 5.32 Å². The van der Waals surface area contributed by atoms with Gasteiger partial charge in [-0.2, -0.15) is 0 Å². The predicted molar refractivity (Wildman–Crippen MR) is 60.4 cm³/mol. The SMILES string of the molecule is CCC(CNC)c1ccc(C(=O)O)cc1. The maximum Gasteiger partial charge on any atom is 0.335 e. The highest BCUT2D eigenvalue weighted by Crippen LogP contribution is 2.19. The Labute approximate surface area is 90.1 Å². The summed E-state index contributed by atoms with van der Waals surface area (Å²) < 4.78 is 0. The van der Waals surface area contributed by atoms with Crippen molar-refractivity contribution < 1.29 is 9.90 Å². The van der Waals surface area contributed by atoms with Crippen molar-refractivity contribution in [3.05, 3.63) is 35.4 Å². The molecule has 82 valence electrons. The Hall–Kier alpha value is -1.35. The van der Waals surface area contributed by atoms with E-state index < -0.39 is 5.97 Å². The quantitative estimate of drug-likeness (QED) is 0.777. The van der Waals surface area contributed by atoms with Crippen LogP contribution in [0.5, 0.6) is 0 Å². The first-order valence-corrected chi connectivity index (χ1v) is 5.16. The zero-order valence-corrected chi connectivity index (χ0v) is 9.16. The van der Waals surface area contributed by atoms with Crippen molar-refractivity contribution in [3.63, 3.8) is 0 Å². The number of nitrogens with one attached hydrogen (secondary N) is 1. The number of carbonyl (C=O) groups is 1. The zero-order valence-electron chi connectivity index (χ0n) is 9.16. The van der Waals surface area contributed by atoms with Crippen LogP contribution in [-0.4, -0.2) is 24.7 Å². The lowest BCUT2D eigenvalue weighted by atomic mass is 9.95. The van der Waals surface area contributed by atoms with Gasteiger partial charge in [-0.15, -0.1) is 0 Å². The fraction of sp³-hybridized carbons (Fsp3) is 0.417. The second-order valence-corrected chi connectivity index (χ2v) is 3.59. The van der Waals surface area contributed by atoms with E-state index in [-0.39, 0.29) is 0 Å². The first kappa shape index (κ1) is 11.7. The molecule has 0 fully saturated rings. The van der Waals surface area contributed by atoms with Gasteiger partial charge >= 0.3 is 5.97 Å². The molecule has 0 bridgehead atoms. The minimum atomic E-state index is -0.872. The third-order valence-electron chi connectivity index (χ3n) is 2.57. The van der Waals surface area contributed by atoms with Crippen LogP contribution < -0.4 is 5.32 Å². The van der Waals surface area contributed by atoms with E-state index in [1.165, 1.54) is 5.56 Å². The summed E-state index contributed by atoms with van der Waals surface area (Å²) in [7, 11) is 1.92. The minimum Gasteiger partial charge on any atom is -0.478 e. The van der Waals surface area contributed by atoms with E-state index in [0.717, 1.165) is 13.0 Å². The lowest BCUT2D eigenvalue weighted by molar-refractivity contribution is 0.0697. The van der Waals surface area contributed by atoms with E-state index in [2.05, 4.69) is 12.2 Å². The molecule has 1 aromatic carbocycles. The van der Waals surface area contributed by atoms with Crippen molar-refractivity contribution in [2.75, 3.05) is 13.6 Å². The Morgan fingerprint density at radius 3 is 2.40 bits per heavy atom. The van der Waals surface area contributed by atoms with Crippen LogP contribution in [0.2, 0.25) is 0 Å². The molecule has 1 rings (SSSR count). The van der Waals surface area contributed by atoms with Gasteiger partial charge < -0.3 is 10.4 Å². The summed E-state index contributed by atoms with van der Waals surface area (Å²) in [5.41, 5.74) is 1.54. The summed E-state index contributed by atoms with van der Waals surface area (Å²) >= 11 is 0. The molecule has 0 aromatic heterocycles. The first-order valence-electron chi connectivity index (χ1n) is 5.16. The molecular weight excluding hydrogens is 190 g/mol. The van der Waals surface area contributed by atoms with Gasteiger partial charge in [-0.05, 0) is 37.1 Å². The van der Waals surface area contributed by atoms with E-state index in [1.807, 2.05) is 19.2 Å². The maximum atomic E-state index is 10.7. The van der Waals surface area contributed by atoms with Gasteiger partial charge in [-0.25, -0.2) is 4.79 Å². The van der Waals surface area contributed by atoms with Crippen LogP contribution in [0, 0.1) is 0 Å². The average molecular weight is 207 g/mol. The molecule has 0 amide bonds. The standard InChI is InChI=1S/C12H17NO2/c1-3-9(8-13-2)10-4-6-11(7-5-10)12(14)15/h4-7,9,13H,3,8H2,1-2H3,(H,14,15). The van der Waals surface area contributed by atoms with E-state index in [4.69, 9.17) is 5.11 Å².